The van der Waals surface area contributed by atoms with Gasteiger partial charge in [-0.1, -0.05) is 6.92 Å². The molecule has 26 heavy (non-hydrogen) atoms. The largest absolute Gasteiger partial charge is 0.388 e. The summed E-state index contributed by atoms with van der Waals surface area (Å²) in [5, 5.41) is 20.6. The van der Waals surface area contributed by atoms with Crippen molar-refractivity contribution in [1.29, 1.82) is 0 Å². The van der Waals surface area contributed by atoms with E-state index in [2.05, 4.69) is 27.3 Å². The zero-order chi connectivity index (χ0) is 18.5. The highest BCUT2D eigenvalue weighted by Crippen LogP contribution is 2.27. The van der Waals surface area contributed by atoms with Gasteiger partial charge in [-0.15, -0.1) is 10.2 Å². The molecule has 1 aromatic rings. The summed E-state index contributed by atoms with van der Waals surface area (Å²) >= 11 is 0. The maximum absolute atomic E-state index is 12.5. The van der Waals surface area contributed by atoms with Crippen molar-refractivity contribution in [2.45, 2.75) is 45.1 Å². The Bertz CT molecular complexity index is 597. The first kappa shape index (κ1) is 19.1. The Morgan fingerprint density at radius 1 is 1.23 bits per heavy atom. The van der Waals surface area contributed by atoms with E-state index in [1.54, 1.807) is 0 Å². The van der Waals surface area contributed by atoms with E-state index in [0.717, 1.165) is 57.9 Å². The lowest BCUT2D eigenvalue weighted by Crippen LogP contribution is -2.45. The maximum atomic E-state index is 12.5. The first-order valence-electron chi connectivity index (χ1n) is 9.86. The van der Waals surface area contributed by atoms with E-state index < -0.39 is 0 Å². The van der Waals surface area contributed by atoms with Crippen molar-refractivity contribution in [2.75, 3.05) is 39.3 Å². The summed E-state index contributed by atoms with van der Waals surface area (Å²) in [6.07, 6.45) is 4.15. The molecule has 0 aromatic carbocycles. The second-order valence-electron chi connectivity index (χ2n) is 7.59. The lowest BCUT2D eigenvalue weighted by Gasteiger charge is -2.31. The highest BCUT2D eigenvalue weighted by atomic mass is 16.3. The first-order chi connectivity index (χ1) is 12.6. The van der Waals surface area contributed by atoms with Gasteiger partial charge in [-0.25, -0.2) is 4.79 Å². The van der Waals surface area contributed by atoms with Crippen molar-refractivity contribution in [3.63, 3.8) is 0 Å². The monoisotopic (exact) mass is 364 g/mol. The number of aliphatic hydroxyl groups is 1. The quantitative estimate of drug-likeness (QED) is 0.784. The Morgan fingerprint density at radius 3 is 2.65 bits per heavy atom. The number of carbonyl (C=O) groups excluding carboxylic acids is 1. The number of carbonyl (C=O) groups is 1. The number of aliphatic hydroxyl groups excluding tert-OH is 1. The van der Waals surface area contributed by atoms with E-state index in [0.29, 0.717) is 17.7 Å². The fraction of sp³-hybridized carbons (Fsp3) is 0.833. The fourth-order valence-corrected chi connectivity index (χ4v) is 4.15. The van der Waals surface area contributed by atoms with E-state index in [1.165, 1.54) is 12.8 Å². The molecule has 3 heterocycles. The van der Waals surface area contributed by atoms with Gasteiger partial charge in [0, 0.05) is 39.1 Å². The van der Waals surface area contributed by atoms with Crippen LogP contribution in [0.2, 0.25) is 0 Å². The summed E-state index contributed by atoms with van der Waals surface area (Å²) in [7, 11) is 1.89. The number of rotatable bonds is 6. The summed E-state index contributed by atoms with van der Waals surface area (Å²) in [6.45, 7) is 7.81. The average molecular weight is 364 g/mol. The minimum Gasteiger partial charge on any atom is -0.388 e. The van der Waals surface area contributed by atoms with Crippen LogP contribution in [0.4, 0.5) is 4.79 Å². The van der Waals surface area contributed by atoms with Gasteiger partial charge < -0.3 is 24.8 Å². The molecule has 0 unspecified atom stereocenters. The number of nitrogens with one attached hydrogen (secondary N) is 1. The number of nitrogens with zero attached hydrogens (tertiary/aromatic N) is 5. The third-order valence-corrected chi connectivity index (χ3v) is 5.74. The van der Waals surface area contributed by atoms with Crippen molar-refractivity contribution >= 4 is 6.03 Å². The zero-order valence-corrected chi connectivity index (χ0v) is 16.0. The van der Waals surface area contributed by atoms with Crippen molar-refractivity contribution in [3.05, 3.63) is 11.6 Å². The van der Waals surface area contributed by atoms with Crippen LogP contribution >= 0.6 is 0 Å². The molecule has 2 aliphatic rings. The van der Waals surface area contributed by atoms with Gasteiger partial charge in [0.1, 0.15) is 12.4 Å². The van der Waals surface area contributed by atoms with Gasteiger partial charge in [0.15, 0.2) is 5.82 Å². The number of aromatic nitrogens is 3. The summed E-state index contributed by atoms with van der Waals surface area (Å²) in [5.41, 5.74) is 0. The van der Waals surface area contributed by atoms with Crippen LogP contribution in [0.3, 0.4) is 0 Å². The average Bonchev–Trinajstić information content (AvgIpc) is 3.26. The van der Waals surface area contributed by atoms with Gasteiger partial charge in [-0.3, -0.25) is 0 Å². The Kier molecular flexibility index (Phi) is 6.48. The van der Waals surface area contributed by atoms with Crippen molar-refractivity contribution in [3.8, 4) is 0 Å². The standard InChI is InChI=1S/C18H32N6O2/c1-3-7-23-8-4-14(12-23)11-19-18(26)24-9-5-15(6-10-24)17-21-20-16(13-25)22(17)2/h14-15,25H,3-13H2,1-2H3,(H,19,26)/t14-/m0/s1. The Balaban J connectivity index is 1.41. The molecule has 0 bridgehead atoms. The second-order valence-corrected chi connectivity index (χ2v) is 7.59. The molecule has 0 aliphatic carbocycles. The third kappa shape index (κ3) is 4.35. The van der Waals surface area contributed by atoms with Crippen LogP contribution in [-0.2, 0) is 13.7 Å². The summed E-state index contributed by atoms with van der Waals surface area (Å²) < 4.78 is 1.88. The van der Waals surface area contributed by atoms with Crippen LogP contribution in [-0.4, -0.2) is 75.0 Å². The lowest BCUT2D eigenvalue weighted by molar-refractivity contribution is 0.178. The van der Waals surface area contributed by atoms with Crippen molar-refractivity contribution in [1.82, 2.24) is 29.9 Å². The van der Waals surface area contributed by atoms with Crippen LogP contribution in [0.15, 0.2) is 0 Å². The number of hydrogen-bond acceptors (Lipinski definition) is 5. The normalized spacial score (nSPS) is 22.1. The van der Waals surface area contributed by atoms with Crippen molar-refractivity contribution in [2.24, 2.45) is 13.0 Å². The van der Waals surface area contributed by atoms with Gasteiger partial charge in [-0.2, -0.15) is 0 Å². The molecule has 8 nitrogen and oxygen atoms in total. The van der Waals surface area contributed by atoms with Gasteiger partial charge in [-0.05, 0) is 44.7 Å². The molecule has 1 aromatic heterocycles. The number of likely N-dealkylation sites (tertiary alicyclic amines) is 2. The highest BCUT2D eigenvalue weighted by Gasteiger charge is 2.28. The maximum Gasteiger partial charge on any atom is 0.317 e. The molecular weight excluding hydrogens is 332 g/mol. The molecule has 1 atom stereocenters. The van der Waals surface area contributed by atoms with E-state index in [4.69, 9.17) is 0 Å². The fourth-order valence-electron chi connectivity index (χ4n) is 4.15. The molecule has 2 fully saturated rings. The van der Waals surface area contributed by atoms with E-state index in [1.807, 2.05) is 16.5 Å². The SMILES string of the molecule is CCCN1CC[C@@H](CNC(=O)N2CCC(c3nnc(CO)n3C)CC2)C1. The number of piperidine rings is 1. The molecule has 8 heteroatoms. The minimum atomic E-state index is -0.0956. The molecule has 2 amide bonds. The summed E-state index contributed by atoms with van der Waals surface area (Å²) in [6, 6.07) is 0.0615. The molecule has 2 aliphatic heterocycles. The van der Waals surface area contributed by atoms with Crippen LogP contribution in [0.5, 0.6) is 0 Å². The smallest absolute Gasteiger partial charge is 0.317 e. The van der Waals surface area contributed by atoms with Crippen molar-refractivity contribution < 1.29 is 9.90 Å². The molecule has 146 valence electrons. The molecule has 2 saturated heterocycles. The highest BCUT2D eigenvalue weighted by molar-refractivity contribution is 5.74. The summed E-state index contributed by atoms with van der Waals surface area (Å²) in [5.74, 6) is 2.39. The van der Waals surface area contributed by atoms with Gasteiger partial charge in [0.05, 0.1) is 0 Å². The molecule has 3 rings (SSSR count). The predicted molar refractivity (Wildman–Crippen MR) is 98.7 cm³/mol. The molecule has 0 saturated carbocycles. The Labute approximate surface area is 155 Å². The molecule has 0 radical (unpaired) electrons. The summed E-state index contributed by atoms with van der Waals surface area (Å²) in [4.78, 5) is 16.9. The van der Waals surface area contributed by atoms with Gasteiger partial charge in [0.2, 0.25) is 0 Å². The number of urea groups is 1. The molecule has 0 spiro atoms. The zero-order valence-electron chi connectivity index (χ0n) is 16.0. The third-order valence-electron chi connectivity index (χ3n) is 5.74. The molecular formula is C18H32N6O2. The Morgan fingerprint density at radius 2 is 2.00 bits per heavy atom. The second kappa shape index (κ2) is 8.81. The van der Waals surface area contributed by atoms with E-state index >= 15 is 0 Å². The predicted octanol–water partition coefficient (Wildman–Crippen LogP) is 0.928. The van der Waals surface area contributed by atoms with Crippen LogP contribution in [0, 0.1) is 5.92 Å². The molecule has 2 N–H and O–H groups in total. The van der Waals surface area contributed by atoms with E-state index in [-0.39, 0.29) is 12.6 Å². The van der Waals surface area contributed by atoms with E-state index in [9.17, 15) is 9.90 Å². The number of amides is 2. The Hall–Kier alpha value is -1.67. The van der Waals surface area contributed by atoms with Crippen LogP contribution in [0.25, 0.3) is 0 Å². The lowest BCUT2D eigenvalue weighted by atomic mass is 9.96. The minimum absolute atomic E-state index is 0.0615. The van der Waals surface area contributed by atoms with Gasteiger partial charge in [0.25, 0.3) is 0 Å². The topological polar surface area (TPSA) is 86.5 Å². The first-order valence-corrected chi connectivity index (χ1v) is 9.86. The van der Waals surface area contributed by atoms with Crippen LogP contribution < -0.4 is 5.32 Å². The van der Waals surface area contributed by atoms with Gasteiger partial charge >= 0.3 is 6.03 Å². The van der Waals surface area contributed by atoms with Crippen LogP contribution in [0.1, 0.15) is 50.2 Å². The number of hydrogen-bond donors (Lipinski definition) is 2.